The Morgan fingerprint density at radius 3 is 1.38 bits per heavy atom. The first kappa shape index (κ1) is 15.6. The van der Waals surface area contributed by atoms with Gasteiger partial charge in [-0.1, -0.05) is 82.7 Å². The zero-order valence-corrected chi connectivity index (χ0v) is 11.0. The Bertz CT molecular complexity index is 137. The molecule has 16 heavy (non-hydrogen) atoms. The second-order valence-corrected chi connectivity index (χ2v) is 4.74. The molecule has 0 heterocycles. The van der Waals surface area contributed by atoms with E-state index >= 15 is 0 Å². The van der Waals surface area contributed by atoms with E-state index in [0.29, 0.717) is 6.54 Å². The van der Waals surface area contributed by atoms with Crippen LogP contribution in [-0.2, 0) is 0 Å². The van der Waals surface area contributed by atoms with E-state index in [2.05, 4.69) is 12.1 Å². The number of nitrogens with zero attached hydrogens (tertiary/aromatic N) is 1. The molecule has 0 N–H and O–H groups in total. The molecule has 0 aliphatic heterocycles. The number of hydrogen-bond acceptors (Lipinski definition) is 2. The highest BCUT2D eigenvalue weighted by Gasteiger charge is 1.93. The van der Waals surface area contributed by atoms with Crippen molar-refractivity contribution in [1.82, 2.24) is 0 Å². The van der Waals surface area contributed by atoms with Gasteiger partial charge in [-0.05, 0) is 6.42 Å². The van der Waals surface area contributed by atoms with Crippen molar-refractivity contribution in [3.63, 3.8) is 0 Å². The van der Waals surface area contributed by atoms with Gasteiger partial charge in [0.1, 0.15) is 0 Å². The zero-order valence-electron chi connectivity index (χ0n) is 11.0. The number of unbranched alkanes of at least 4 members (excludes halogenated alkanes) is 11. The second-order valence-electron chi connectivity index (χ2n) is 4.74. The molecule has 0 fully saturated rings. The number of nitroso groups, excluding NO2 is 1. The van der Waals surface area contributed by atoms with E-state index in [1.54, 1.807) is 0 Å². The highest BCUT2D eigenvalue weighted by atomic mass is 16.3. The molecule has 2 heteroatoms. The lowest BCUT2D eigenvalue weighted by molar-refractivity contribution is 0.545. The van der Waals surface area contributed by atoms with E-state index in [9.17, 15) is 4.91 Å². The molecule has 0 atom stereocenters. The van der Waals surface area contributed by atoms with Crippen LogP contribution in [0.2, 0.25) is 0 Å². The van der Waals surface area contributed by atoms with Gasteiger partial charge in [-0.25, -0.2) is 0 Å². The molecule has 2 nitrogen and oxygen atoms in total. The summed E-state index contributed by atoms with van der Waals surface area (Å²) in [5.41, 5.74) is 0. The van der Waals surface area contributed by atoms with Crippen molar-refractivity contribution in [2.45, 2.75) is 84.0 Å². The molecule has 96 valence electrons. The summed E-state index contributed by atoms with van der Waals surface area (Å²) in [5, 5.41) is 2.87. The minimum atomic E-state index is 0.511. The smallest absolute Gasteiger partial charge is 0.0811 e. The molecule has 0 saturated carbocycles. The third-order valence-corrected chi connectivity index (χ3v) is 3.10. The molecule has 0 aromatic carbocycles. The van der Waals surface area contributed by atoms with E-state index in [1.807, 2.05) is 0 Å². The van der Waals surface area contributed by atoms with Crippen molar-refractivity contribution in [3.05, 3.63) is 4.91 Å². The fourth-order valence-electron chi connectivity index (χ4n) is 2.02. The zero-order chi connectivity index (χ0) is 11.9. The maximum Gasteiger partial charge on any atom is 0.0811 e. The molecule has 0 saturated heterocycles. The maximum absolute atomic E-state index is 9.84. The van der Waals surface area contributed by atoms with E-state index < -0.39 is 0 Å². The van der Waals surface area contributed by atoms with Crippen LogP contribution in [0, 0.1) is 4.91 Å². The second kappa shape index (κ2) is 14.6. The minimum absolute atomic E-state index is 0.511. The molecule has 0 spiro atoms. The van der Waals surface area contributed by atoms with Crippen molar-refractivity contribution in [2.24, 2.45) is 5.18 Å². The Balaban J connectivity index is 2.85. The van der Waals surface area contributed by atoms with Crippen LogP contribution in [0.25, 0.3) is 0 Å². The summed E-state index contributed by atoms with van der Waals surface area (Å²) in [6.07, 6.45) is 16.0. The summed E-state index contributed by atoms with van der Waals surface area (Å²) >= 11 is 0. The Hall–Kier alpha value is -0.400. The van der Waals surface area contributed by atoms with Gasteiger partial charge in [0.25, 0.3) is 0 Å². The summed E-state index contributed by atoms with van der Waals surface area (Å²) in [5.74, 6) is 0. The molecule has 0 aliphatic rings. The summed E-state index contributed by atoms with van der Waals surface area (Å²) in [6.45, 7) is 2.78. The molecule has 0 bridgehead atoms. The van der Waals surface area contributed by atoms with Gasteiger partial charge in [0.15, 0.2) is 0 Å². The van der Waals surface area contributed by atoms with Crippen molar-refractivity contribution in [1.29, 1.82) is 0 Å². The number of hydrogen-bond donors (Lipinski definition) is 0. The van der Waals surface area contributed by atoms with E-state index in [1.165, 1.54) is 70.6 Å². The first-order valence-corrected chi connectivity index (χ1v) is 7.21. The van der Waals surface area contributed by atoms with Gasteiger partial charge in [-0.3, -0.25) is 0 Å². The van der Waals surface area contributed by atoms with Crippen LogP contribution in [0.1, 0.15) is 84.0 Å². The highest BCUT2D eigenvalue weighted by Crippen LogP contribution is 2.11. The summed E-state index contributed by atoms with van der Waals surface area (Å²) in [4.78, 5) is 9.84. The minimum Gasteiger partial charge on any atom is -0.151 e. The monoisotopic (exact) mass is 227 g/mol. The molecule has 0 rings (SSSR count). The lowest BCUT2D eigenvalue weighted by Gasteiger charge is -2.01. The van der Waals surface area contributed by atoms with Gasteiger partial charge < -0.3 is 0 Å². The van der Waals surface area contributed by atoms with Crippen LogP contribution >= 0.6 is 0 Å². The Kier molecular flexibility index (Phi) is 14.2. The molecule has 0 aliphatic carbocycles. The maximum atomic E-state index is 9.84. The molecule has 0 unspecified atom stereocenters. The third kappa shape index (κ3) is 13.6. The normalized spacial score (nSPS) is 10.6. The van der Waals surface area contributed by atoms with Crippen LogP contribution in [-0.4, -0.2) is 6.54 Å². The lowest BCUT2D eigenvalue weighted by atomic mass is 10.1. The van der Waals surface area contributed by atoms with Gasteiger partial charge in [0.2, 0.25) is 0 Å². The van der Waals surface area contributed by atoms with Crippen molar-refractivity contribution >= 4 is 0 Å². The third-order valence-electron chi connectivity index (χ3n) is 3.10. The topological polar surface area (TPSA) is 29.4 Å². The SMILES string of the molecule is CCCCCCCCCCCCCCN=O. The Morgan fingerprint density at radius 2 is 1.00 bits per heavy atom. The van der Waals surface area contributed by atoms with Crippen LogP contribution < -0.4 is 0 Å². The molecular weight excluding hydrogens is 198 g/mol. The van der Waals surface area contributed by atoms with E-state index in [0.717, 1.165) is 6.42 Å². The fraction of sp³-hybridized carbons (Fsp3) is 1.00. The average molecular weight is 227 g/mol. The Morgan fingerprint density at radius 1 is 0.625 bits per heavy atom. The lowest BCUT2D eigenvalue weighted by Crippen LogP contribution is -1.83. The van der Waals surface area contributed by atoms with Crippen molar-refractivity contribution < 1.29 is 0 Å². The predicted molar refractivity (Wildman–Crippen MR) is 71.7 cm³/mol. The van der Waals surface area contributed by atoms with Crippen LogP contribution in [0.5, 0.6) is 0 Å². The molecule has 0 radical (unpaired) electrons. The number of rotatable bonds is 13. The largest absolute Gasteiger partial charge is 0.151 e. The first-order valence-electron chi connectivity index (χ1n) is 7.21. The van der Waals surface area contributed by atoms with Crippen LogP contribution in [0.3, 0.4) is 0 Å². The highest BCUT2D eigenvalue weighted by molar-refractivity contribution is 4.49. The first-order chi connectivity index (χ1) is 7.91. The van der Waals surface area contributed by atoms with Gasteiger partial charge in [-0.15, -0.1) is 0 Å². The molecule has 0 aromatic heterocycles. The Labute approximate surface area is 101 Å². The molecule has 0 aromatic rings. The van der Waals surface area contributed by atoms with Gasteiger partial charge >= 0.3 is 0 Å². The van der Waals surface area contributed by atoms with E-state index in [-0.39, 0.29) is 0 Å². The van der Waals surface area contributed by atoms with Crippen molar-refractivity contribution in [2.75, 3.05) is 6.54 Å². The van der Waals surface area contributed by atoms with Crippen molar-refractivity contribution in [3.8, 4) is 0 Å². The quantitative estimate of drug-likeness (QED) is 0.304. The molecular formula is C14H29NO. The van der Waals surface area contributed by atoms with Gasteiger partial charge in [-0.2, -0.15) is 4.91 Å². The molecule has 0 amide bonds. The van der Waals surface area contributed by atoms with E-state index in [4.69, 9.17) is 0 Å². The predicted octanol–water partition coefficient (Wildman–Crippen LogP) is 5.45. The fourth-order valence-corrected chi connectivity index (χ4v) is 2.02. The summed E-state index contributed by atoms with van der Waals surface area (Å²) in [6, 6.07) is 0. The summed E-state index contributed by atoms with van der Waals surface area (Å²) < 4.78 is 0. The van der Waals surface area contributed by atoms with Gasteiger partial charge in [0, 0.05) is 0 Å². The van der Waals surface area contributed by atoms with Crippen LogP contribution in [0.15, 0.2) is 5.18 Å². The van der Waals surface area contributed by atoms with Crippen LogP contribution in [0.4, 0.5) is 0 Å². The average Bonchev–Trinajstić information content (AvgIpc) is 2.31. The van der Waals surface area contributed by atoms with Gasteiger partial charge in [0.05, 0.1) is 6.54 Å². The summed E-state index contributed by atoms with van der Waals surface area (Å²) in [7, 11) is 0. The standard InChI is InChI=1S/C14H29NO/c1-2-3-4-5-6-7-8-9-10-11-12-13-14-15-16/h2-14H2,1H3.